The number of aryl methyl sites for hydroxylation is 1. The molecule has 0 aromatic heterocycles. The maximum Gasteiger partial charge on any atom is 0.269 e. The largest absolute Gasteiger partial charge is 0.497 e. The Morgan fingerprint density at radius 3 is 2.43 bits per heavy atom. The molecule has 1 atom stereocenters. The standard InChI is InChI=1S/C28H25N3O3S/c1-18-8-7-11-24(19(18)2)30-26(32)23(17-29)28-31(21-9-5-4-6-10-21)27(33)25(35-28)16-20-12-14-22(34-3)15-13-20/h4-15,25H,16H2,1-3H3,(H,30,32)/b28-23+/t25-/m1/s1. The van der Waals surface area contributed by atoms with Crippen molar-refractivity contribution >= 4 is 35.0 Å². The first-order chi connectivity index (χ1) is 16.9. The maximum absolute atomic E-state index is 13.5. The molecule has 2 amide bonds. The summed E-state index contributed by atoms with van der Waals surface area (Å²) >= 11 is 1.25. The molecule has 1 saturated heterocycles. The van der Waals surface area contributed by atoms with E-state index in [2.05, 4.69) is 11.4 Å². The van der Waals surface area contributed by atoms with E-state index in [1.54, 1.807) is 25.3 Å². The molecule has 1 aliphatic rings. The number of anilines is 2. The lowest BCUT2D eigenvalue weighted by Crippen LogP contribution is -2.30. The van der Waals surface area contributed by atoms with Gasteiger partial charge in [0, 0.05) is 11.4 Å². The van der Waals surface area contributed by atoms with Crippen molar-refractivity contribution in [2.75, 3.05) is 17.3 Å². The van der Waals surface area contributed by atoms with Crippen LogP contribution in [0.5, 0.6) is 5.75 Å². The number of nitrogens with one attached hydrogen (secondary N) is 1. The number of carbonyl (C=O) groups is 2. The first-order valence-corrected chi connectivity index (χ1v) is 12.0. The van der Waals surface area contributed by atoms with E-state index >= 15 is 0 Å². The average Bonchev–Trinajstić information content (AvgIpc) is 3.18. The SMILES string of the molecule is COc1ccc(C[C@H]2S/C(=C(\C#N)C(=O)Nc3cccc(C)c3C)N(c3ccccc3)C2=O)cc1. The first-order valence-electron chi connectivity index (χ1n) is 11.1. The number of rotatable bonds is 6. The normalized spacial score (nSPS) is 16.6. The van der Waals surface area contributed by atoms with Crippen LogP contribution in [-0.4, -0.2) is 24.2 Å². The Hall–Kier alpha value is -4.02. The zero-order valence-corrected chi connectivity index (χ0v) is 20.6. The van der Waals surface area contributed by atoms with Gasteiger partial charge in [-0.25, -0.2) is 0 Å². The number of ether oxygens (including phenoxy) is 1. The summed E-state index contributed by atoms with van der Waals surface area (Å²) in [5, 5.41) is 12.7. The molecule has 1 N–H and O–H groups in total. The fraction of sp³-hybridized carbons (Fsp3) is 0.179. The van der Waals surface area contributed by atoms with Crippen LogP contribution in [0.25, 0.3) is 0 Å². The molecule has 0 spiro atoms. The van der Waals surface area contributed by atoms with Crippen molar-refractivity contribution in [2.24, 2.45) is 0 Å². The summed E-state index contributed by atoms with van der Waals surface area (Å²) in [6.07, 6.45) is 0.456. The molecule has 3 aromatic carbocycles. The molecule has 0 bridgehead atoms. The van der Waals surface area contributed by atoms with Gasteiger partial charge in [-0.15, -0.1) is 0 Å². The highest BCUT2D eigenvalue weighted by Crippen LogP contribution is 2.42. The van der Waals surface area contributed by atoms with Crippen LogP contribution in [0.2, 0.25) is 0 Å². The molecule has 1 fully saturated rings. The number of nitriles is 1. The molecular weight excluding hydrogens is 458 g/mol. The number of hydrogen-bond acceptors (Lipinski definition) is 5. The summed E-state index contributed by atoms with van der Waals surface area (Å²) in [5.41, 5.74) is 4.08. The fourth-order valence-corrected chi connectivity index (χ4v) is 5.15. The van der Waals surface area contributed by atoms with Gasteiger partial charge in [-0.1, -0.05) is 54.2 Å². The Morgan fingerprint density at radius 1 is 1.06 bits per heavy atom. The van der Waals surface area contributed by atoms with E-state index in [1.165, 1.54) is 16.7 Å². The summed E-state index contributed by atoms with van der Waals surface area (Å²) in [4.78, 5) is 28.3. The van der Waals surface area contributed by atoms with Crippen molar-refractivity contribution in [1.82, 2.24) is 0 Å². The second-order valence-corrected chi connectivity index (χ2v) is 9.35. The summed E-state index contributed by atoms with van der Waals surface area (Å²) in [5.74, 6) is 0.0300. The van der Waals surface area contributed by atoms with Crippen LogP contribution in [0, 0.1) is 25.2 Å². The van der Waals surface area contributed by atoms with E-state index in [4.69, 9.17) is 4.74 Å². The van der Waals surface area contributed by atoms with Crippen LogP contribution in [0.15, 0.2) is 83.4 Å². The number of hydrogen-bond donors (Lipinski definition) is 1. The third-order valence-electron chi connectivity index (χ3n) is 5.95. The first kappa shape index (κ1) is 24.1. The van der Waals surface area contributed by atoms with Gasteiger partial charge in [0.15, 0.2) is 0 Å². The predicted molar refractivity (Wildman–Crippen MR) is 139 cm³/mol. The third-order valence-corrected chi connectivity index (χ3v) is 7.22. The highest BCUT2D eigenvalue weighted by atomic mass is 32.2. The van der Waals surface area contributed by atoms with E-state index in [0.29, 0.717) is 22.8 Å². The van der Waals surface area contributed by atoms with E-state index in [1.807, 2.05) is 68.4 Å². The number of para-hydroxylation sites is 1. The molecule has 176 valence electrons. The van der Waals surface area contributed by atoms with Crippen molar-refractivity contribution < 1.29 is 14.3 Å². The monoisotopic (exact) mass is 483 g/mol. The average molecular weight is 484 g/mol. The Kier molecular flexibility index (Phi) is 7.23. The van der Waals surface area contributed by atoms with Crippen molar-refractivity contribution in [2.45, 2.75) is 25.5 Å². The lowest BCUT2D eigenvalue weighted by atomic mass is 10.1. The number of methoxy groups -OCH3 is 1. The maximum atomic E-state index is 13.5. The van der Waals surface area contributed by atoms with Crippen LogP contribution in [0.1, 0.15) is 16.7 Å². The number of amides is 2. The second kappa shape index (κ2) is 10.5. The van der Waals surface area contributed by atoms with E-state index < -0.39 is 11.2 Å². The second-order valence-electron chi connectivity index (χ2n) is 8.16. The van der Waals surface area contributed by atoms with Crippen molar-refractivity contribution in [3.8, 4) is 11.8 Å². The quantitative estimate of drug-likeness (QED) is 0.376. The number of carbonyl (C=O) groups excluding carboxylic acids is 2. The molecule has 4 rings (SSSR count). The summed E-state index contributed by atoms with van der Waals surface area (Å²) in [6.45, 7) is 3.88. The molecule has 0 aliphatic carbocycles. The molecule has 3 aromatic rings. The van der Waals surface area contributed by atoms with Gasteiger partial charge in [-0.2, -0.15) is 5.26 Å². The zero-order valence-electron chi connectivity index (χ0n) is 19.7. The smallest absolute Gasteiger partial charge is 0.269 e. The van der Waals surface area contributed by atoms with Gasteiger partial charge in [0.2, 0.25) is 5.91 Å². The molecule has 6 nitrogen and oxygen atoms in total. The molecule has 7 heteroatoms. The number of thioether (sulfide) groups is 1. The topological polar surface area (TPSA) is 82.4 Å². The molecule has 0 unspecified atom stereocenters. The molecule has 1 aliphatic heterocycles. The van der Waals surface area contributed by atoms with Crippen LogP contribution < -0.4 is 15.0 Å². The van der Waals surface area contributed by atoms with Gasteiger partial charge < -0.3 is 10.1 Å². The van der Waals surface area contributed by atoms with Crippen molar-refractivity contribution in [3.05, 3.63) is 100 Å². The molecule has 1 heterocycles. The minimum atomic E-state index is -0.539. The molecular formula is C28H25N3O3S. The Morgan fingerprint density at radius 2 is 1.77 bits per heavy atom. The highest BCUT2D eigenvalue weighted by Gasteiger charge is 2.40. The Balaban J connectivity index is 1.70. The Bertz CT molecular complexity index is 1330. The zero-order chi connectivity index (χ0) is 24.9. The molecule has 0 radical (unpaired) electrons. The third kappa shape index (κ3) is 5.08. The predicted octanol–water partition coefficient (Wildman–Crippen LogP) is 5.38. The summed E-state index contributed by atoms with van der Waals surface area (Å²) in [6, 6.07) is 24.3. The van der Waals surface area contributed by atoms with Gasteiger partial charge in [-0.05, 0) is 67.3 Å². The Labute approximate surface area is 209 Å². The highest BCUT2D eigenvalue weighted by molar-refractivity contribution is 8.05. The lowest BCUT2D eigenvalue weighted by molar-refractivity contribution is -0.117. The molecule has 35 heavy (non-hydrogen) atoms. The fourth-order valence-electron chi connectivity index (χ4n) is 3.85. The van der Waals surface area contributed by atoms with Crippen LogP contribution in [0.3, 0.4) is 0 Å². The van der Waals surface area contributed by atoms with Crippen LogP contribution in [-0.2, 0) is 16.0 Å². The minimum absolute atomic E-state index is 0.0923. The van der Waals surface area contributed by atoms with Gasteiger partial charge in [0.25, 0.3) is 5.91 Å². The number of benzene rings is 3. The minimum Gasteiger partial charge on any atom is -0.497 e. The number of nitrogens with zero attached hydrogens (tertiary/aromatic N) is 2. The van der Waals surface area contributed by atoms with E-state index in [0.717, 1.165) is 22.4 Å². The summed E-state index contributed by atoms with van der Waals surface area (Å²) < 4.78 is 5.22. The van der Waals surface area contributed by atoms with Crippen LogP contribution >= 0.6 is 11.8 Å². The van der Waals surface area contributed by atoms with Gasteiger partial charge in [0.05, 0.1) is 12.4 Å². The van der Waals surface area contributed by atoms with E-state index in [9.17, 15) is 14.9 Å². The van der Waals surface area contributed by atoms with Crippen molar-refractivity contribution in [3.63, 3.8) is 0 Å². The van der Waals surface area contributed by atoms with Gasteiger partial charge >= 0.3 is 0 Å². The lowest BCUT2D eigenvalue weighted by Gasteiger charge is -2.19. The van der Waals surface area contributed by atoms with Crippen LogP contribution in [0.4, 0.5) is 11.4 Å². The van der Waals surface area contributed by atoms with Crippen molar-refractivity contribution in [1.29, 1.82) is 5.26 Å². The molecule has 0 saturated carbocycles. The van der Waals surface area contributed by atoms with E-state index in [-0.39, 0.29) is 11.5 Å². The van der Waals surface area contributed by atoms with Gasteiger partial charge in [0.1, 0.15) is 22.4 Å². The van der Waals surface area contributed by atoms with Gasteiger partial charge in [-0.3, -0.25) is 14.5 Å². The summed E-state index contributed by atoms with van der Waals surface area (Å²) in [7, 11) is 1.60.